The monoisotopic (exact) mass is 433 g/mol. The lowest BCUT2D eigenvalue weighted by molar-refractivity contribution is -0.119. The van der Waals surface area contributed by atoms with Crippen molar-refractivity contribution < 1.29 is 9.59 Å². The highest BCUT2D eigenvalue weighted by Crippen LogP contribution is 2.62. The molecule has 32 heavy (non-hydrogen) atoms. The van der Waals surface area contributed by atoms with Gasteiger partial charge >= 0.3 is 0 Å². The quantitative estimate of drug-likeness (QED) is 0.653. The molecule has 4 fully saturated rings. The molecule has 1 atom stereocenters. The Labute approximate surface area is 188 Å². The number of rotatable bonds is 6. The number of nitrogens with zero attached hydrogens (tertiary/aromatic N) is 3. The van der Waals surface area contributed by atoms with Gasteiger partial charge in [0.2, 0.25) is 11.8 Å². The number of aromatic nitrogens is 3. The van der Waals surface area contributed by atoms with E-state index in [-0.39, 0.29) is 17.2 Å². The lowest BCUT2D eigenvalue weighted by atomic mass is 9.48. The maximum atomic E-state index is 12.7. The Hall–Kier alpha value is -2.96. The number of anilines is 2. The van der Waals surface area contributed by atoms with E-state index in [4.69, 9.17) is 0 Å². The maximum absolute atomic E-state index is 12.7. The zero-order valence-electron chi connectivity index (χ0n) is 18.8. The summed E-state index contributed by atoms with van der Waals surface area (Å²) in [5.74, 6) is 2.34. The van der Waals surface area contributed by atoms with Crippen LogP contribution in [0.3, 0.4) is 0 Å². The fourth-order valence-electron chi connectivity index (χ4n) is 6.54. The number of hydrogen-bond acceptors (Lipinski definition) is 4. The molecule has 1 unspecified atom stereocenters. The third kappa shape index (κ3) is 4.08. The predicted molar refractivity (Wildman–Crippen MR) is 123 cm³/mol. The van der Waals surface area contributed by atoms with Crippen LogP contribution in [0, 0.1) is 23.2 Å². The van der Waals surface area contributed by atoms with Crippen LogP contribution >= 0.6 is 0 Å². The second-order valence-corrected chi connectivity index (χ2v) is 10.1. The van der Waals surface area contributed by atoms with Gasteiger partial charge in [-0.3, -0.25) is 9.59 Å². The molecule has 1 aromatic heterocycles. The van der Waals surface area contributed by atoms with Crippen LogP contribution in [-0.2, 0) is 9.59 Å². The summed E-state index contributed by atoms with van der Waals surface area (Å²) in [6, 6.07) is 6.73. The van der Waals surface area contributed by atoms with E-state index in [0.717, 1.165) is 17.8 Å². The van der Waals surface area contributed by atoms with Gasteiger partial charge in [-0.15, -0.1) is 0 Å². The van der Waals surface area contributed by atoms with Crippen molar-refractivity contribution in [2.75, 3.05) is 10.6 Å². The van der Waals surface area contributed by atoms with E-state index < -0.39 is 6.04 Å². The van der Waals surface area contributed by atoms with Gasteiger partial charge in [0.05, 0.1) is 0 Å². The van der Waals surface area contributed by atoms with Crippen molar-refractivity contribution >= 4 is 23.2 Å². The van der Waals surface area contributed by atoms with Gasteiger partial charge in [-0.2, -0.15) is 5.10 Å². The minimum absolute atomic E-state index is 0.0742. The standard InChI is InChI=1S/C25H31N5O2/c1-16(25-11-18-8-19(12-25)10-20(9-18)13-25)7-23(31)28-21-3-5-22(6-4-21)29-24(32)17(2)30-15-26-14-27-30/h3-7,14-15,17-20H,8-13H2,1-2H3,(H,28,31)(H,29,32)/b16-7-. The van der Waals surface area contributed by atoms with E-state index >= 15 is 0 Å². The highest BCUT2D eigenvalue weighted by atomic mass is 16.2. The topological polar surface area (TPSA) is 88.9 Å². The Morgan fingerprint density at radius 3 is 2.12 bits per heavy atom. The van der Waals surface area contributed by atoms with Gasteiger partial charge in [0.25, 0.3) is 0 Å². The number of carbonyl (C=O) groups is 2. The van der Waals surface area contributed by atoms with Gasteiger partial charge < -0.3 is 10.6 Å². The van der Waals surface area contributed by atoms with Crippen LogP contribution in [-0.4, -0.2) is 26.6 Å². The average molecular weight is 434 g/mol. The molecule has 4 aliphatic carbocycles. The van der Waals surface area contributed by atoms with Crippen LogP contribution in [0.25, 0.3) is 0 Å². The predicted octanol–water partition coefficient (Wildman–Crippen LogP) is 4.58. The first kappa shape index (κ1) is 20.9. The summed E-state index contributed by atoms with van der Waals surface area (Å²) in [4.78, 5) is 29.0. The lowest BCUT2D eigenvalue weighted by Gasteiger charge is -2.57. The van der Waals surface area contributed by atoms with E-state index in [2.05, 4.69) is 27.6 Å². The fraction of sp³-hybridized carbons (Fsp3) is 0.520. The zero-order chi connectivity index (χ0) is 22.3. The van der Waals surface area contributed by atoms with Crippen molar-refractivity contribution in [3.8, 4) is 0 Å². The molecule has 6 rings (SSSR count). The van der Waals surface area contributed by atoms with Crippen LogP contribution in [0.15, 0.2) is 48.6 Å². The molecule has 2 amide bonds. The molecule has 4 saturated carbocycles. The van der Waals surface area contributed by atoms with Crippen LogP contribution in [0.4, 0.5) is 11.4 Å². The Balaban J connectivity index is 1.19. The molecule has 4 bridgehead atoms. The van der Waals surface area contributed by atoms with Gasteiger partial charge in [0.1, 0.15) is 18.7 Å². The summed E-state index contributed by atoms with van der Waals surface area (Å²) >= 11 is 0. The van der Waals surface area contributed by atoms with E-state index in [0.29, 0.717) is 11.4 Å². The third-order valence-electron chi connectivity index (χ3n) is 7.86. The molecule has 7 nitrogen and oxygen atoms in total. The molecule has 0 radical (unpaired) electrons. The van der Waals surface area contributed by atoms with Crippen LogP contribution < -0.4 is 10.6 Å². The molecule has 1 heterocycles. The molecule has 4 aliphatic rings. The number of nitrogens with one attached hydrogen (secondary N) is 2. The molecule has 2 N–H and O–H groups in total. The van der Waals surface area contributed by atoms with Crippen LogP contribution in [0.5, 0.6) is 0 Å². The van der Waals surface area contributed by atoms with Gasteiger partial charge in [-0.05, 0) is 99.8 Å². The molecule has 1 aromatic carbocycles. The molecule has 2 aromatic rings. The van der Waals surface area contributed by atoms with Crippen LogP contribution in [0.2, 0.25) is 0 Å². The van der Waals surface area contributed by atoms with Gasteiger partial charge in [0.15, 0.2) is 0 Å². The van der Waals surface area contributed by atoms with Crippen molar-refractivity contribution in [3.05, 3.63) is 48.6 Å². The average Bonchev–Trinajstić information content (AvgIpc) is 3.28. The highest BCUT2D eigenvalue weighted by Gasteiger charge is 2.51. The normalized spacial score (nSPS) is 29.6. The molecular weight excluding hydrogens is 402 g/mol. The number of allylic oxidation sites excluding steroid dienone is 1. The zero-order valence-corrected chi connectivity index (χ0v) is 18.8. The first-order chi connectivity index (χ1) is 15.4. The largest absolute Gasteiger partial charge is 0.324 e. The summed E-state index contributed by atoms with van der Waals surface area (Å²) in [6.07, 6.45) is 12.7. The number of amides is 2. The molecule has 0 aliphatic heterocycles. The minimum Gasteiger partial charge on any atom is -0.324 e. The molecule has 0 spiro atoms. The molecule has 168 valence electrons. The Morgan fingerprint density at radius 1 is 1.03 bits per heavy atom. The smallest absolute Gasteiger partial charge is 0.249 e. The van der Waals surface area contributed by atoms with Crippen molar-refractivity contribution in [1.82, 2.24) is 14.8 Å². The van der Waals surface area contributed by atoms with Gasteiger partial charge in [0, 0.05) is 17.5 Å². The third-order valence-corrected chi connectivity index (χ3v) is 7.86. The van der Waals surface area contributed by atoms with E-state index in [9.17, 15) is 9.59 Å². The van der Waals surface area contributed by atoms with Gasteiger partial charge in [-0.1, -0.05) is 5.57 Å². The second-order valence-electron chi connectivity index (χ2n) is 10.1. The summed E-state index contributed by atoms with van der Waals surface area (Å²) in [6.45, 7) is 3.92. The summed E-state index contributed by atoms with van der Waals surface area (Å²) < 4.78 is 1.50. The fourth-order valence-corrected chi connectivity index (χ4v) is 6.54. The Bertz CT molecular complexity index is 990. The summed E-state index contributed by atoms with van der Waals surface area (Å²) in [5.41, 5.74) is 2.88. The summed E-state index contributed by atoms with van der Waals surface area (Å²) in [7, 11) is 0. The van der Waals surface area contributed by atoms with E-state index in [1.54, 1.807) is 19.1 Å². The first-order valence-corrected chi connectivity index (χ1v) is 11.6. The maximum Gasteiger partial charge on any atom is 0.249 e. The van der Waals surface area contributed by atoms with E-state index in [1.165, 1.54) is 61.4 Å². The summed E-state index contributed by atoms with van der Waals surface area (Å²) in [5, 5.41) is 9.84. The Kier molecular flexibility index (Phi) is 5.35. The molecular formula is C25H31N5O2. The van der Waals surface area contributed by atoms with Gasteiger partial charge in [-0.25, -0.2) is 9.67 Å². The van der Waals surface area contributed by atoms with Crippen molar-refractivity contribution in [2.45, 2.75) is 58.4 Å². The SMILES string of the molecule is C/C(=C/C(=O)Nc1ccc(NC(=O)C(C)n2cncn2)cc1)C12CC3CC(CC(C3)C1)C2. The molecule has 0 saturated heterocycles. The highest BCUT2D eigenvalue weighted by molar-refractivity contribution is 6.00. The lowest BCUT2D eigenvalue weighted by Crippen LogP contribution is -2.46. The number of carbonyl (C=O) groups excluding carboxylic acids is 2. The first-order valence-electron chi connectivity index (χ1n) is 11.6. The Morgan fingerprint density at radius 2 is 1.59 bits per heavy atom. The van der Waals surface area contributed by atoms with Crippen molar-refractivity contribution in [3.63, 3.8) is 0 Å². The van der Waals surface area contributed by atoms with Crippen molar-refractivity contribution in [2.24, 2.45) is 23.2 Å². The van der Waals surface area contributed by atoms with Crippen LogP contribution in [0.1, 0.15) is 58.4 Å². The van der Waals surface area contributed by atoms with E-state index in [1.807, 2.05) is 18.2 Å². The minimum atomic E-state index is -0.463. The molecule has 7 heteroatoms. The number of benzene rings is 1. The second kappa shape index (κ2) is 8.19. The number of hydrogen-bond donors (Lipinski definition) is 2. The van der Waals surface area contributed by atoms with Crippen molar-refractivity contribution in [1.29, 1.82) is 0 Å².